The number of ether oxygens (including phenoxy) is 2. The minimum atomic E-state index is -4.55. The van der Waals surface area contributed by atoms with Crippen LogP contribution in [0.2, 0.25) is 0 Å². The summed E-state index contributed by atoms with van der Waals surface area (Å²) in [5, 5.41) is 23.1. The number of aliphatic hydroxyl groups excluding tert-OH is 1. The molecular weight excluding hydrogens is 561 g/mol. The van der Waals surface area contributed by atoms with E-state index in [1.165, 1.54) is 11.6 Å². The van der Waals surface area contributed by atoms with Crippen molar-refractivity contribution in [2.75, 3.05) is 32.6 Å². The number of phenols is 1. The number of carbonyl (C=O) groups is 1. The second-order valence-electron chi connectivity index (χ2n) is 8.57. The number of rotatable bonds is 13. The van der Waals surface area contributed by atoms with Crippen molar-refractivity contribution in [3.8, 4) is 34.4 Å². The van der Waals surface area contributed by atoms with Gasteiger partial charge < -0.3 is 39.5 Å². The molecule has 0 saturated carbocycles. The lowest BCUT2D eigenvalue weighted by atomic mass is 10.1. The third-order valence-electron chi connectivity index (χ3n) is 5.20. The molecule has 0 fully saturated rings. The number of aryl methyl sites for hydroxylation is 1. The summed E-state index contributed by atoms with van der Waals surface area (Å²) >= 11 is 0. The topological polar surface area (TPSA) is 175 Å². The summed E-state index contributed by atoms with van der Waals surface area (Å²) in [7, 11) is -2.54. The van der Waals surface area contributed by atoms with Gasteiger partial charge in [0.15, 0.2) is 17.2 Å². The fraction of sp³-hybridized carbons (Fsp3) is 0.333. The molecule has 3 aromatic rings. The van der Waals surface area contributed by atoms with E-state index in [1.807, 2.05) is 0 Å². The van der Waals surface area contributed by atoms with Crippen molar-refractivity contribution in [3.63, 3.8) is 0 Å². The minimum absolute atomic E-state index is 0.0135. The van der Waals surface area contributed by atoms with Gasteiger partial charge in [0.25, 0.3) is 5.91 Å². The number of aliphatic hydroxyl groups is 1. The molecule has 1 heterocycles. The number of primary amides is 1. The second kappa shape index (κ2) is 12.4. The van der Waals surface area contributed by atoms with E-state index < -0.39 is 51.1 Å². The van der Waals surface area contributed by atoms with Crippen molar-refractivity contribution in [2.45, 2.75) is 12.3 Å². The van der Waals surface area contributed by atoms with E-state index in [1.54, 1.807) is 24.3 Å². The monoisotopic (exact) mass is 588 g/mol. The number of hydrogen-bond acceptors (Lipinski definition) is 10. The van der Waals surface area contributed by atoms with Crippen molar-refractivity contribution in [2.24, 2.45) is 12.8 Å². The quantitative estimate of drug-likeness (QED) is 0.170. The molecule has 218 valence electrons. The molecule has 0 radical (unpaired) electrons. The average molecular weight is 589 g/mol. The maximum absolute atomic E-state index is 12.9. The van der Waals surface area contributed by atoms with Gasteiger partial charge in [0, 0.05) is 38.0 Å². The number of aromatic nitrogens is 2. The number of alkyl halides is 3. The Morgan fingerprint density at radius 3 is 2.42 bits per heavy atom. The first kappa shape index (κ1) is 30.5. The summed E-state index contributed by atoms with van der Waals surface area (Å²) in [6.45, 7) is 0.281. The zero-order chi connectivity index (χ0) is 29.7. The molecule has 5 N–H and O–H groups in total. The number of imidazole rings is 1. The van der Waals surface area contributed by atoms with Crippen LogP contribution >= 0.6 is 0 Å². The molecule has 1 unspecified atom stereocenters. The summed E-state index contributed by atoms with van der Waals surface area (Å²) in [4.78, 5) is 15.2. The molecule has 1 atom stereocenters. The van der Waals surface area contributed by atoms with Crippen LogP contribution in [-0.2, 0) is 23.3 Å². The van der Waals surface area contributed by atoms with E-state index in [0.717, 1.165) is 24.6 Å². The second-order valence-corrected chi connectivity index (χ2v) is 10.1. The minimum Gasteiger partial charge on any atom is -0.504 e. The normalized spacial score (nSPS) is 12.7. The van der Waals surface area contributed by atoms with Crippen LogP contribution < -0.4 is 24.7 Å². The van der Waals surface area contributed by atoms with E-state index >= 15 is 0 Å². The Bertz CT molecular complexity index is 1440. The van der Waals surface area contributed by atoms with Gasteiger partial charge in [-0.2, -0.15) is 21.6 Å². The lowest BCUT2D eigenvalue weighted by Gasteiger charge is -2.15. The lowest BCUT2D eigenvalue weighted by molar-refractivity contribution is -0.140. The number of nitrogens with one attached hydrogen (secondary N) is 1. The highest BCUT2D eigenvalue weighted by atomic mass is 32.2. The van der Waals surface area contributed by atoms with Gasteiger partial charge in [0.2, 0.25) is 0 Å². The standard InChI is InChI=1S/C24H27F3N4O8S/c1-31-12-20(24(25,26)27)30-23(31)14-3-5-16(6-4-14)38-13-15(32)11-29-7-8-37-17-9-18(22(28)34)21(33)19(10-17)39-40(2,35)36/h3-6,9-10,12,15,29,32-33H,7-8,11,13H2,1-2H3,(H2,28,34). The SMILES string of the molecule is Cn1cc(C(F)(F)F)nc1-c1ccc(OCC(O)CNCCOc2cc(OS(C)(=O)=O)c(O)c(C(N)=O)c2)cc1. The third kappa shape index (κ3) is 8.49. The first-order valence-corrected chi connectivity index (χ1v) is 13.4. The highest BCUT2D eigenvalue weighted by molar-refractivity contribution is 7.86. The molecule has 1 amide bonds. The van der Waals surface area contributed by atoms with Crippen molar-refractivity contribution in [3.05, 3.63) is 53.9 Å². The van der Waals surface area contributed by atoms with Gasteiger partial charge in [-0.25, -0.2) is 4.98 Å². The number of nitrogens with zero attached hydrogens (tertiary/aromatic N) is 2. The molecular formula is C24H27F3N4O8S. The van der Waals surface area contributed by atoms with E-state index in [0.29, 0.717) is 11.3 Å². The molecule has 1 aromatic heterocycles. The number of hydrogen-bond donors (Lipinski definition) is 4. The maximum Gasteiger partial charge on any atom is 0.434 e. The molecule has 0 aliphatic heterocycles. The summed E-state index contributed by atoms with van der Waals surface area (Å²) in [5.41, 5.74) is 4.27. The number of halogens is 3. The summed E-state index contributed by atoms with van der Waals surface area (Å²) < 4.78 is 78.4. The number of carbonyl (C=O) groups excluding carboxylic acids is 1. The molecule has 0 spiro atoms. The largest absolute Gasteiger partial charge is 0.504 e. The van der Waals surface area contributed by atoms with Crippen LogP contribution in [0.1, 0.15) is 16.1 Å². The van der Waals surface area contributed by atoms with Crippen LogP contribution in [0.5, 0.6) is 23.0 Å². The van der Waals surface area contributed by atoms with E-state index in [4.69, 9.17) is 15.2 Å². The molecule has 0 aliphatic carbocycles. The summed E-state index contributed by atoms with van der Waals surface area (Å²) in [6.07, 6.45) is -3.81. The molecule has 0 saturated heterocycles. The Kier molecular flexibility index (Phi) is 9.49. The first-order chi connectivity index (χ1) is 18.6. The van der Waals surface area contributed by atoms with Crippen LogP contribution in [0.3, 0.4) is 0 Å². The van der Waals surface area contributed by atoms with E-state index in [2.05, 4.69) is 14.5 Å². The van der Waals surface area contributed by atoms with Crippen LogP contribution in [0.15, 0.2) is 42.6 Å². The van der Waals surface area contributed by atoms with Crippen molar-refractivity contribution in [1.82, 2.24) is 14.9 Å². The molecule has 3 rings (SSSR count). The van der Waals surface area contributed by atoms with Crippen LogP contribution in [0, 0.1) is 0 Å². The Labute approximate surface area is 227 Å². The smallest absolute Gasteiger partial charge is 0.434 e. The molecule has 12 nitrogen and oxygen atoms in total. The molecule has 16 heteroatoms. The van der Waals surface area contributed by atoms with Crippen LogP contribution in [-0.4, -0.2) is 72.8 Å². The van der Waals surface area contributed by atoms with Gasteiger partial charge in [-0.1, -0.05) is 0 Å². The van der Waals surface area contributed by atoms with Gasteiger partial charge in [-0.15, -0.1) is 0 Å². The van der Waals surface area contributed by atoms with E-state index in [-0.39, 0.29) is 37.9 Å². The van der Waals surface area contributed by atoms with Gasteiger partial charge in [-0.3, -0.25) is 4.79 Å². The zero-order valence-corrected chi connectivity index (χ0v) is 22.1. The Balaban J connectivity index is 1.45. The number of benzene rings is 2. The first-order valence-electron chi connectivity index (χ1n) is 11.6. The average Bonchev–Trinajstić information content (AvgIpc) is 3.25. The predicted molar refractivity (Wildman–Crippen MR) is 136 cm³/mol. The molecule has 2 aromatic carbocycles. The molecule has 40 heavy (non-hydrogen) atoms. The third-order valence-corrected chi connectivity index (χ3v) is 5.69. The van der Waals surface area contributed by atoms with Crippen molar-refractivity contribution < 1.29 is 50.3 Å². The van der Waals surface area contributed by atoms with Gasteiger partial charge >= 0.3 is 16.3 Å². The predicted octanol–water partition coefficient (Wildman–Crippen LogP) is 1.66. The summed E-state index contributed by atoms with van der Waals surface area (Å²) in [6, 6.07) is 8.41. The van der Waals surface area contributed by atoms with Gasteiger partial charge in [0.05, 0.1) is 11.8 Å². The highest BCUT2D eigenvalue weighted by Crippen LogP contribution is 2.35. The fourth-order valence-corrected chi connectivity index (χ4v) is 3.87. The Morgan fingerprint density at radius 2 is 1.85 bits per heavy atom. The zero-order valence-electron chi connectivity index (χ0n) is 21.3. The Hall–Kier alpha value is -4.02. The van der Waals surface area contributed by atoms with E-state index in [9.17, 15) is 36.6 Å². The number of amides is 1. The fourth-order valence-electron chi connectivity index (χ4n) is 3.41. The van der Waals surface area contributed by atoms with Gasteiger partial charge in [0.1, 0.15) is 36.6 Å². The maximum atomic E-state index is 12.9. The van der Waals surface area contributed by atoms with Crippen molar-refractivity contribution in [1.29, 1.82) is 0 Å². The molecule has 0 bridgehead atoms. The number of nitrogens with two attached hydrogens (primary N) is 1. The highest BCUT2D eigenvalue weighted by Gasteiger charge is 2.34. The number of aromatic hydroxyl groups is 1. The van der Waals surface area contributed by atoms with Crippen LogP contribution in [0.4, 0.5) is 13.2 Å². The summed E-state index contributed by atoms with van der Waals surface area (Å²) in [5.74, 6) is -1.74. The van der Waals surface area contributed by atoms with Gasteiger partial charge in [-0.05, 0) is 30.3 Å². The van der Waals surface area contributed by atoms with Crippen LogP contribution in [0.25, 0.3) is 11.4 Å². The lowest BCUT2D eigenvalue weighted by Crippen LogP contribution is -2.33. The van der Waals surface area contributed by atoms with Crippen molar-refractivity contribution >= 4 is 16.0 Å². The molecule has 0 aliphatic rings. The Morgan fingerprint density at radius 1 is 1.18 bits per heavy atom.